The van der Waals surface area contributed by atoms with Crippen LogP contribution < -0.4 is 5.32 Å². The zero-order valence-electron chi connectivity index (χ0n) is 18.2. The topological polar surface area (TPSA) is 21.3 Å². The summed E-state index contributed by atoms with van der Waals surface area (Å²) in [5, 5.41) is 3.40. The maximum Gasteiger partial charge on any atom is 0.147 e. The largest absolute Gasteiger partial charge is 0.362 e. The number of aryl methyl sites for hydroxylation is 1. The van der Waals surface area contributed by atoms with Crippen LogP contribution in [0.4, 0.5) is 0 Å². The lowest BCUT2D eigenvalue weighted by Gasteiger charge is -2.30. The van der Waals surface area contributed by atoms with Gasteiger partial charge in [0.05, 0.1) is 6.10 Å². The molecule has 1 heterocycles. The predicted octanol–water partition coefficient (Wildman–Crippen LogP) is 6.96. The van der Waals surface area contributed by atoms with E-state index in [4.69, 9.17) is 4.74 Å². The van der Waals surface area contributed by atoms with Crippen LogP contribution in [-0.4, -0.2) is 12.3 Å². The number of nitrogens with one attached hydrogen (secondary N) is 1. The summed E-state index contributed by atoms with van der Waals surface area (Å²) < 4.78 is 6.03. The Kier molecular flexibility index (Phi) is 7.71. The molecule has 1 aromatic rings. The Morgan fingerprint density at radius 3 is 2.69 bits per heavy atom. The van der Waals surface area contributed by atoms with Crippen LogP contribution in [0.3, 0.4) is 0 Å². The van der Waals surface area contributed by atoms with E-state index < -0.39 is 0 Å². The molecule has 3 rings (SSSR count). The summed E-state index contributed by atoms with van der Waals surface area (Å²) in [5.74, 6) is 0. The number of dihydropyridines is 1. The second-order valence-corrected chi connectivity index (χ2v) is 7.95. The highest BCUT2D eigenvalue weighted by Crippen LogP contribution is 2.31. The SMILES string of the molecule is C=C/C=C(C)\C(=C/CCC)c1ccc(C2=CNC(OC3CCC3)C=C2)cc1CC. The quantitative estimate of drug-likeness (QED) is 0.461. The number of unbranched alkanes of at least 4 members (excludes halogenated alkanes) is 1. The Balaban J connectivity index is 1.82. The van der Waals surface area contributed by atoms with Crippen molar-refractivity contribution in [3.63, 3.8) is 0 Å². The molecule has 0 bridgehead atoms. The standard InChI is InChI=1S/C27H35NO/c1-5-8-13-25(20(4)10-6-2)26-16-14-22(18-21(26)7-3)23-15-17-27(28-19-23)29-24-11-9-12-24/h6,10,13-19,24,27-28H,2,5,7-9,11-12H2,1,3-4H3/b20-10-,25-13+. The molecule has 2 aliphatic rings. The van der Waals surface area contributed by atoms with E-state index in [1.807, 2.05) is 6.08 Å². The first-order chi connectivity index (χ1) is 14.2. The fraction of sp³-hybridized carbons (Fsp3) is 0.407. The van der Waals surface area contributed by atoms with E-state index in [-0.39, 0.29) is 6.23 Å². The molecule has 1 N–H and O–H groups in total. The summed E-state index contributed by atoms with van der Waals surface area (Å²) in [5.41, 5.74) is 7.76. The summed E-state index contributed by atoms with van der Waals surface area (Å²) in [7, 11) is 0. The third kappa shape index (κ3) is 5.39. The first-order valence-corrected chi connectivity index (χ1v) is 11.1. The lowest BCUT2D eigenvalue weighted by atomic mass is 9.89. The average Bonchev–Trinajstić information content (AvgIpc) is 2.72. The van der Waals surface area contributed by atoms with Crippen LogP contribution in [0.2, 0.25) is 0 Å². The number of ether oxygens (including phenoxy) is 1. The van der Waals surface area contributed by atoms with Crippen molar-refractivity contribution in [2.45, 2.75) is 71.6 Å². The van der Waals surface area contributed by atoms with Crippen LogP contribution in [0.5, 0.6) is 0 Å². The van der Waals surface area contributed by atoms with E-state index in [1.165, 1.54) is 52.7 Å². The Morgan fingerprint density at radius 2 is 2.10 bits per heavy atom. The van der Waals surface area contributed by atoms with Gasteiger partial charge in [-0.25, -0.2) is 0 Å². The van der Waals surface area contributed by atoms with Gasteiger partial charge in [-0.2, -0.15) is 0 Å². The first-order valence-electron chi connectivity index (χ1n) is 11.1. The van der Waals surface area contributed by atoms with Gasteiger partial charge in [0, 0.05) is 6.20 Å². The first kappa shape index (κ1) is 21.4. The summed E-state index contributed by atoms with van der Waals surface area (Å²) in [6, 6.07) is 6.85. The van der Waals surface area contributed by atoms with Gasteiger partial charge >= 0.3 is 0 Å². The van der Waals surface area contributed by atoms with Gasteiger partial charge in [0.2, 0.25) is 0 Å². The smallest absolute Gasteiger partial charge is 0.147 e. The van der Waals surface area contributed by atoms with Gasteiger partial charge in [-0.1, -0.05) is 69.4 Å². The molecule has 1 aromatic carbocycles. The molecule has 154 valence electrons. The molecule has 1 aliphatic carbocycles. The van der Waals surface area contributed by atoms with Crippen molar-refractivity contribution in [1.82, 2.24) is 5.32 Å². The molecule has 0 spiro atoms. The lowest BCUT2D eigenvalue weighted by molar-refractivity contribution is -0.0387. The van der Waals surface area contributed by atoms with E-state index in [9.17, 15) is 0 Å². The molecule has 1 fully saturated rings. The normalized spacial score (nSPS) is 20.1. The second kappa shape index (κ2) is 10.5. The predicted molar refractivity (Wildman–Crippen MR) is 125 cm³/mol. The highest BCUT2D eigenvalue weighted by Gasteiger charge is 2.22. The molecule has 2 heteroatoms. The lowest BCUT2D eigenvalue weighted by Crippen LogP contribution is -2.35. The molecule has 1 aliphatic heterocycles. The van der Waals surface area contributed by atoms with Gasteiger partial charge in [0.25, 0.3) is 0 Å². The summed E-state index contributed by atoms with van der Waals surface area (Å²) >= 11 is 0. The second-order valence-electron chi connectivity index (χ2n) is 7.95. The molecular formula is C27H35NO. The van der Waals surface area contributed by atoms with Crippen molar-refractivity contribution in [1.29, 1.82) is 0 Å². The van der Waals surface area contributed by atoms with Gasteiger partial charge in [-0.05, 0) is 78.5 Å². The molecule has 0 amide bonds. The molecule has 29 heavy (non-hydrogen) atoms. The summed E-state index contributed by atoms with van der Waals surface area (Å²) in [6.45, 7) is 10.5. The number of benzene rings is 1. The van der Waals surface area contributed by atoms with Gasteiger partial charge in [-0.15, -0.1) is 0 Å². The van der Waals surface area contributed by atoms with E-state index in [2.05, 4.69) is 81.4 Å². The van der Waals surface area contributed by atoms with E-state index in [1.54, 1.807) is 0 Å². The van der Waals surface area contributed by atoms with Crippen LogP contribution in [0.25, 0.3) is 11.1 Å². The van der Waals surface area contributed by atoms with Gasteiger partial charge in [-0.3, -0.25) is 0 Å². The van der Waals surface area contributed by atoms with Crippen LogP contribution >= 0.6 is 0 Å². The average molecular weight is 390 g/mol. The molecule has 0 aromatic heterocycles. The Labute approximate surface area is 176 Å². The third-order valence-electron chi connectivity index (χ3n) is 5.78. The Hall–Kier alpha value is -2.32. The number of hydrogen-bond donors (Lipinski definition) is 1. The minimum Gasteiger partial charge on any atom is -0.362 e. The Morgan fingerprint density at radius 1 is 1.28 bits per heavy atom. The third-order valence-corrected chi connectivity index (χ3v) is 5.78. The number of hydrogen-bond acceptors (Lipinski definition) is 2. The highest BCUT2D eigenvalue weighted by atomic mass is 16.5. The molecule has 2 nitrogen and oxygen atoms in total. The molecule has 0 radical (unpaired) electrons. The van der Waals surface area contributed by atoms with Gasteiger partial charge in [0.15, 0.2) is 0 Å². The van der Waals surface area contributed by atoms with Crippen LogP contribution in [-0.2, 0) is 11.2 Å². The maximum absolute atomic E-state index is 6.03. The molecule has 1 unspecified atom stereocenters. The van der Waals surface area contributed by atoms with Gasteiger partial charge < -0.3 is 10.1 Å². The number of rotatable bonds is 9. The fourth-order valence-electron chi connectivity index (χ4n) is 3.81. The van der Waals surface area contributed by atoms with Crippen LogP contribution in [0.15, 0.2) is 66.9 Å². The fourth-order valence-corrected chi connectivity index (χ4v) is 3.81. The maximum atomic E-state index is 6.03. The minimum absolute atomic E-state index is 0.00392. The zero-order valence-corrected chi connectivity index (χ0v) is 18.2. The molecule has 0 saturated heterocycles. The number of allylic oxidation sites excluding steroid dienone is 7. The van der Waals surface area contributed by atoms with Crippen LogP contribution in [0, 0.1) is 0 Å². The molecule has 1 saturated carbocycles. The van der Waals surface area contributed by atoms with Crippen molar-refractivity contribution in [3.05, 3.63) is 83.6 Å². The van der Waals surface area contributed by atoms with Gasteiger partial charge in [0.1, 0.15) is 6.23 Å². The van der Waals surface area contributed by atoms with Crippen LogP contribution in [0.1, 0.15) is 69.6 Å². The minimum atomic E-state index is 0.00392. The molecular weight excluding hydrogens is 354 g/mol. The van der Waals surface area contributed by atoms with Crippen molar-refractivity contribution < 1.29 is 4.74 Å². The van der Waals surface area contributed by atoms with Crippen molar-refractivity contribution in [2.24, 2.45) is 0 Å². The summed E-state index contributed by atoms with van der Waals surface area (Å²) in [4.78, 5) is 0. The van der Waals surface area contributed by atoms with Crippen molar-refractivity contribution in [3.8, 4) is 0 Å². The van der Waals surface area contributed by atoms with E-state index >= 15 is 0 Å². The monoisotopic (exact) mass is 389 g/mol. The van der Waals surface area contributed by atoms with E-state index in [0.717, 1.165) is 19.3 Å². The van der Waals surface area contributed by atoms with E-state index in [0.29, 0.717) is 6.10 Å². The van der Waals surface area contributed by atoms with Crippen molar-refractivity contribution in [2.75, 3.05) is 0 Å². The Bertz CT molecular complexity index is 836. The summed E-state index contributed by atoms with van der Waals surface area (Å²) in [6.07, 6.45) is 20.1. The zero-order chi connectivity index (χ0) is 20.6. The highest BCUT2D eigenvalue weighted by molar-refractivity contribution is 5.83. The molecule has 1 atom stereocenters. The van der Waals surface area contributed by atoms with Crippen molar-refractivity contribution >= 4 is 11.1 Å².